The van der Waals surface area contributed by atoms with Crippen LogP contribution in [-0.2, 0) is 4.79 Å². The minimum Gasteiger partial charge on any atom is -0.337 e. The molecule has 2 heterocycles. The summed E-state index contributed by atoms with van der Waals surface area (Å²) in [7, 11) is 0. The Balaban J connectivity index is 1.40. The molecular formula is C22H22N4OS. The van der Waals surface area contributed by atoms with E-state index >= 15 is 0 Å². The van der Waals surface area contributed by atoms with Crippen molar-refractivity contribution < 1.29 is 4.79 Å². The van der Waals surface area contributed by atoms with Crippen molar-refractivity contribution in [1.82, 2.24) is 20.1 Å². The Morgan fingerprint density at radius 1 is 1.04 bits per heavy atom. The fourth-order valence-electron chi connectivity index (χ4n) is 4.59. The van der Waals surface area contributed by atoms with Crippen molar-refractivity contribution in [3.05, 3.63) is 36.4 Å². The molecule has 1 fully saturated rings. The van der Waals surface area contributed by atoms with Gasteiger partial charge in [0.2, 0.25) is 11.1 Å². The average Bonchev–Trinajstić information content (AvgIpc) is 3.02. The zero-order valence-corrected chi connectivity index (χ0v) is 16.9. The first kappa shape index (κ1) is 17.6. The van der Waals surface area contributed by atoms with Crippen molar-refractivity contribution in [2.45, 2.75) is 50.4 Å². The zero-order valence-electron chi connectivity index (χ0n) is 16.1. The largest absolute Gasteiger partial charge is 0.337 e. The summed E-state index contributed by atoms with van der Waals surface area (Å²) in [4.78, 5) is 19.6. The maximum atomic E-state index is 12.8. The van der Waals surface area contributed by atoms with Crippen molar-refractivity contribution >= 4 is 28.4 Å². The first-order valence-corrected chi connectivity index (χ1v) is 10.8. The summed E-state index contributed by atoms with van der Waals surface area (Å²) in [6, 6.07) is 13.1. The molecule has 0 N–H and O–H groups in total. The van der Waals surface area contributed by atoms with Gasteiger partial charge in [-0.05, 0) is 38.5 Å². The number of fused-ring (bicyclic) bond motifs is 3. The number of carbonyl (C=O) groups excluding carboxylic acids is 1. The number of thioether (sulfide) groups is 1. The molecule has 2 aliphatic rings. The fraction of sp³-hybridized carbons (Fsp3) is 0.364. The molecule has 3 aromatic rings. The molecule has 142 valence electrons. The van der Waals surface area contributed by atoms with Gasteiger partial charge in [0.25, 0.3) is 0 Å². The summed E-state index contributed by atoms with van der Waals surface area (Å²) in [5, 5.41) is 11.7. The number of aromatic nitrogens is 3. The van der Waals surface area contributed by atoms with E-state index in [4.69, 9.17) is 4.98 Å². The Morgan fingerprint density at radius 2 is 1.71 bits per heavy atom. The lowest BCUT2D eigenvalue weighted by Gasteiger charge is -2.39. The third-order valence-corrected chi connectivity index (χ3v) is 6.71. The van der Waals surface area contributed by atoms with Crippen molar-refractivity contribution in [2.75, 3.05) is 5.75 Å². The highest BCUT2D eigenvalue weighted by atomic mass is 32.2. The molecular weight excluding hydrogens is 368 g/mol. The van der Waals surface area contributed by atoms with Gasteiger partial charge in [0, 0.05) is 28.6 Å². The first-order chi connectivity index (χ1) is 13.6. The molecule has 2 aromatic carbocycles. The van der Waals surface area contributed by atoms with Crippen LogP contribution in [0, 0.1) is 0 Å². The predicted octanol–water partition coefficient (Wildman–Crippen LogP) is 4.55. The minimum absolute atomic E-state index is 0.166. The number of hydrogen-bond donors (Lipinski definition) is 0. The summed E-state index contributed by atoms with van der Waals surface area (Å²) in [6.45, 7) is 4.28. The third-order valence-electron chi connectivity index (χ3n) is 5.89. The lowest BCUT2D eigenvalue weighted by Crippen LogP contribution is -2.48. The SMILES string of the molecule is C[C@@H]1CCC[C@@H](C)N1C(=O)CSc1nnc2c(n1)-c1cccc3cccc-2c13. The summed E-state index contributed by atoms with van der Waals surface area (Å²) in [5.41, 5.74) is 3.90. The van der Waals surface area contributed by atoms with Gasteiger partial charge >= 0.3 is 0 Å². The summed E-state index contributed by atoms with van der Waals surface area (Å²) in [5.74, 6) is 0.519. The van der Waals surface area contributed by atoms with E-state index in [1.54, 1.807) is 0 Å². The summed E-state index contributed by atoms with van der Waals surface area (Å²) >= 11 is 1.38. The molecule has 0 radical (unpaired) electrons. The van der Waals surface area contributed by atoms with Crippen LogP contribution in [0.5, 0.6) is 0 Å². The Labute approximate surface area is 168 Å². The van der Waals surface area contributed by atoms with E-state index in [2.05, 4.69) is 48.3 Å². The number of piperidine rings is 1. The van der Waals surface area contributed by atoms with Crippen molar-refractivity contribution in [2.24, 2.45) is 0 Å². The van der Waals surface area contributed by atoms with Gasteiger partial charge in [-0.25, -0.2) is 4.98 Å². The molecule has 1 aliphatic heterocycles. The van der Waals surface area contributed by atoms with Crippen LogP contribution in [-0.4, -0.2) is 43.8 Å². The van der Waals surface area contributed by atoms with Crippen LogP contribution in [0.2, 0.25) is 0 Å². The predicted molar refractivity (Wildman–Crippen MR) is 112 cm³/mol. The van der Waals surface area contributed by atoms with Gasteiger partial charge in [-0.1, -0.05) is 48.2 Å². The third kappa shape index (κ3) is 2.78. The number of hydrogen-bond acceptors (Lipinski definition) is 5. The van der Waals surface area contributed by atoms with Crippen LogP contribution >= 0.6 is 11.8 Å². The van der Waals surface area contributed by atoms with Crippen LogP contribution in [0.3, 0.4) is 0 Å². The van der Waals surface area contributed by atoms with E-state index in [-0.39, 0.29) is 5.91 Å². The normalized spacial score (nSPS) is 20.4. The van der Waals surface area contributed by atoms with E-state index in [9.17, 15) is 4.79 Å². The summed E-state index contributed by atoms with van der Waals surface area (Å²) in [6.07, 6.45) is 3.36. The highest BCUT2D eigenvalue weighted by molar-refractivity contribution is 7.99. The van der Waals surface area contributed by atoms with Crippen LogP contribution < -0.4 is 0 Å². The van der Waals surface area contributed by atoms with Gasteiger partial charge in [0.1, 0.15) is 11.4 Å². The van der Waals surface area contributed by atoms with Gasteiger partial charge in [-0.2, -0.15) is 0 Å². The second-order valence-corrected chi connectivity index (χ2v) is 8.66. The first-order valence-electron chi connectivity index (χ1n) is 9.84. The van der Waals surface area contributed by atoms with Crippen LogP contribution in [0.1, 0.15) is 33.1 Å². The van der Waals surface area contributed by atoms with E-state index in [0.29, 0.717) is 23.0 Å². The van der Waals surface area contributed by atoms with E-state index in [0.717, 1.165) is 35.4 Å². The van der Waals surface area contributed by atoms with Crippen molar-refractivity contribution in [1.29, 1.82) is 0 Å². The standard InChI is InChI=1S/C22H22N4OS/c1-13-6-3-7-14(2)26(13)18(27)12-28-22-23-20-16-10-4-8-15-9-5-11-17(19(15)16)21(20)24-25-22/h4-5,8-11,13-14H,3,6-7,12H2,1-2H3/t13-,14-/m1/s1. The Morgan fingerprint density at radius 3 is 2.43 bits per heavy atom. The number of benzene rings is 2. The lowest BCUT2D eigenvalue weighted by molar-refractivity contribution is -0.134. The monoisotopic (exact) mass is 390 g/mol. The molecule has 6 heteroatoms. The van der Waals surface area contributed by atoms with Gasteiger partial charge in [0.05, 0.1) is 5.75 Å². The molecule has 5 rings (SSSR count). The highest BCUT2D eigenvalue weighted by Gasteiger charge is 2.29. The fourth-order valence-corrected chi connectivity index (χ4v) is 5.25. The molecule has 0 saturated carbocycles. The molecule has 28 heavy (non-hydrogen) atoms. The van der Waals surface area contributed by atoms with E-state index in [1.165, 1.54) is 29.0 Å². The Kier molecular flexibility index (Phi) is 4.31. The van der Waals surface area contributed by atoms with Crippen LogP contribution in [0.15, 0.2) is 41.6 Å². The Bertz CT molecular complexity index is 1070. The van der Waals surface area contributed by atoms with Crippen molar-refractivity contribution in [3.63, 3.8) is 0 Å². The van der Waals surface area contributed by atoms with E-state index in [1.807, 2.05) is 17.0 Å². The summed E-state index contributed by atoms with van der Waals surface area (Å²) < 4.78 is 0. The Hall–Kier alpha value is -2.47. The van der Waals surface area contributed by atoms with E-state index < -0.39 is 0 Å². The number of nitrogens with zero attached hydrogens (tertiary/aromatic N) is 4. The molecule has 0 unspecified atom stereocenters. The maximum absolute atomic E-state index is 12.8. The maximum Gasteiger partial charge on any atom is 0.233 e. The number of amides is 1. The smallest absolute Gasteiger partial charge is 0.233 e. The quantitative estimate of drug-likeness (QED) is 0.480. The van der Waals surface area contributed by atoms with Gasteiger partial charge in [-0.15, -0.1) is 10.2 Å². The molecule has 5 nitrogen and oxygen atoms in total. The van der Waals surface area contributed by atoms with Gasteiger partial charge in [-0.3, -0.25) is 4.79 Å². The molecule has 1 aliphatic carbocycles. The average molecular weight is 391 g/mol. The van der Waals surface area contributed by atoms with Gasteiger partial charge < -0.3 is 4.90 Å². The van der Waals surface area contributed by atoms with Crippen molar-refractivity contribution in [3.8, 4) is 22.5 Å². The zero-order chi connectivity index (χ0) is 19.3. The molecule has 1 aromatic heterocycles. The number of likely N-dealkylation sites (tertiary alicyclic amines) is 1. The van der Waals surface area contributed by atoms with Crippen LogP contribution in [0.4, 0.5) is 0 Å². The number of rotatable bonds is 3. The lowest BCUT2D eigenvalue weighted by atomic mass is 9.98. The second-order valence-electron chi connectivity index (χ2n) is 7.72. The highest BCUT2D eigenvalue weighted by Crippen LogP contribution is 2.44. The molecule has 0 spiro atoms. The molecule has 1 amide bonds. The molecule has 0 bridgehead atoms. The molecule has 1 saturated heterocycles. The van der Waals surface area contributed by atoms with Crippen LogP contribution in [0.25, 0.3) is 33.3 Å². The number of carbonyl (C=O) groups is 1. The second kappa shape index (κ2) is 6.85. The minimum atomic E-state index is 0.166. The van der Waals surface area contributed by atoms with Gasteiger partial charge in [0.15, 0.2) is 0 Å². The molecule has 2 atom stereocenters. The topological polar surface area (TPSA) is 59.0 Å².